The number of hydrogen-bond donors (Lipinski definition) is 1. The highest BCUT2D eigenvalue weighted by Gasteiger charge is 2.33. The lowest BCUT2D eigenvalue weighted by Gasteiger charge is -2.38. The van der Waals surface area contributed by atoms with Crippen LogP contribution >= 0.6 is 0 Å². The van der Waals surface area contributed by atoms with Crippen LogP contribution in [0.15, 0.2) is 48.5 Å². The second-order valence-electron chi connectivity index (χ2n) is 7.30. The normalized spacial score (nSPS) is 16.2. The van der Waals surface area contributed by atoms with Gasteiger partial charge < -0.3 is 9.84 Å². The molecule has 0 atom stereocenters. The summed E-state index contributed by atoms with van der Waals surface area (Å²) in [6, 6.07) is 16.0. The molecular formula is C23H28O3. The number of carbonyl (C=O) groups is 1. The van der Waals surface area contributed by atoms with E-state index in [0.29, 0.717) is 12.2 Å². The van der Waals surface area contributed by atoms with Crippen LogP contribution in [0.5, 0.6) is 5.75 Å². The van der Waals surface area contributed by atoms with Gasteiger partial charge in [0.1, 0.15) is 5.75 Å². The summed E-state index contributed by atoms with van der Waals surface area (Å²) in [5.74, 6) is 0.0714. The number of carboxylic acids is 1. The Labute approximate surface area is 156 Å². The van der Waals surface area contributed by atoms with Crippen molar-refractivity contribution in [2.24, 2.45) is 0 Å². The van der Waals surface area contributed by atoms with E-state index < -0.39 is 5.97 Å². The van der Waals surface area contributed by atoms with Crippen LogP contribution in [-0.2, 0) is 11.8 Å². The van der Waals surface area contributed by atoms with Crippen molar-refractivity contribution in [3.05, 3.63) is 65.2 Å². The molecule has 3 nitrogen and oxygen atoms in total. The minimum Gasteiger partial charge on any atom is -0.494 e. The second-order valence-corrected chi connectivity index (χ2v) is 7.30. The molecule has 3 rings (SSSR count). The fraction of sp³-hybridized carbons (Fsp3) is 0.435. The molecule has 0 spiro atoms. The molecule has 0 aliphatic heterocycles. The van der Waals surface area contributed by atoms with Gasteiger partial charge in [-0.3, -0.25) is 0 Å². The molecule has 0 saturated heterocycles. The third-order valence-corrected chi connectivity index (χ3v) is 5.66. The number of benzene rings is 2. The average molecular weight is 352 g/mol. The van der Waals surface area contributed by atoms with Crippen LogP contribution < -0.4 is 4.74 Å². The first-order valence-corrected chi connectivity index (χ1v) is 9.68. The molecule has 1 fully saturated rings. The standard InChI is InChI=1S/C23H28O3/c1-2-26-21-11-9-18(10-12-21)13-16-23(14-4-3-5-15-23)20-8-6-7-19(17-20)22(24)25/h6-12,17H,2-5,13-16H2,1H3,(H,24,25). The van der Waals surface area contributed by atoms with Gasteiger partial charge >= 0.3 is 5.97 Å². The first-order chi connectivity index (χ1) is 12.6. The first-order valence-electron chi connectivity index (χ1n) is 9.68. The van der Waals surface area contributed by atoms with Gasteiger partial charge in [-0.25, -0.2) is 4.79 Å². The number of hydrogen-bond acceptors (Lipinski definition) is 2. The Balaban J connectivity index is 1.79. The Kier molecular flexibility index (Phi) is 5.97. The zero-order valence-electron chi connectivity index (χ0n) is 15.5. The van der Waals surface area contributed by atoms with Gasteiger partial charge in [0, 0.05) is 0 Å². The Morgan fingerprint density at radius 1 is 1.08 bits per heavy atom. The summed E-state index contributed by atoms with van der Waals surface area (Å²) in [5, 5.41) is 9.36. The van der Waals surface area contributed by atoms with Gasteiger partial charge in [0.15, 0.2) is 0 Å². The smallest absolute Gasteiger partial charge is 0.335 e. The Morgan fingerprint density at radius 3 is 2.46 bits per heavy atom. The fourth-order valence-corrected chi connectivity index (χ4v) is 4.20. The van der Waals surface area contributed by atoms with Gasteiger partial charge in [-0.1, -0.05) is 43.5 Å². The maximum absolute atomic E-state index is 11.4. The molecular weight excluding hydrogens is 324 g/mol. The maximum atomic E-state index is 11.4. The lowest BCUT2D eigenvalue weighted by Crippen LogP contribution is -2.30. The topological polar surface area (TPSA) is 46.5 Å². The van der Waals surface area contributed by atoms with Crippen molar-refractivity contribution in [1.29, 1.82) is 0 Å². The van der Waals surface area contributed by atoms with Gasteiger partial charge in [0.25, 0.3) is 0 Å². The molecule has 0 aromatic heterocycles. The third-order valence-electron chi connectivity index (χ3n) is 5.66. The fourth-order valence-electron chi connectivity index (χ4n) is 4.20. The van der Waals surface area contributed by atoms with Crippen LogP contribution in [-0.4, -0.2) is 17.7 Å². The van der Waals surface area contributed by atoms with Crippen LogP contribution in [0.3, 0.4) is 0 Å². The van der Waals surface area contributed by atoms with E-state index >= 15 is 0 Å². The van der Waals surface area contributed by atoms with Gasteiger partial charge in [0.2, 0.25) is 0 Å². The Morgan fingerprint density at radius 2 is 1.81 bits per heavy atom. The monoisotopic (exact) mass is 352 g/mol. The first kappa shape index (κ1) is 18.5. The molecule has 1 aliphatic carbocycles. The Bertz CT molecular complexity index is 727. The second kappa shape index (κ2) is 8.39. The number of aryl methyl sites for hydroxylation is 1. The molecule has 0 bridgehead atoms. The minimum absolute atomic E-state index is 0.0995. The molecule has 1 aliphatic rings. The summed E-state index contributed by atoms with van der Waals surface area (Å²) >= 11 is 0. The molecule has 1 saturated carbocycles. The number of carboxylic acid groups (broad SMARTS) is 1. The lowest BCUT2D eigenvalue weighted by molar-refractivity contribution is 0.0696. The predicted octanol–water partition coefficient (Wildman–Crippen LogP) is 5.62. The van der Waals surface area contributed by atoms with Crippen LogP contribution in [0.25, 0.3) is 0 Å². The minimum atomic E-state index is -0.843. The average Bonchev–Trinajstić information content (AvgIpc) is 2.68. The van der Waals surface area contributed by atoms with E-state index in [4.69, 9.17) is 4.74 Å². The van der Waals surface area contributed by atoms with Gasteiger partial charge in [-0.05, 0) is 73.4 Å². The van der Waals surface area contributed by atoms with Crippen LogP contribution in [0, 0.1) is 0 Å². The lowest BCUT2D eigenvalue weighted by atomic mass is 9.66. The van der Waals surface area contributed by atoms with Crippen molar-refractivity contribution in [1.82, 2.24) is 0 Å². The largest absolute Gasteiger partial charge is 0.494 e. The highest BCUT2D eigenvalue weighted by atomic mass is 16.5. The predicted molar refractivity (Wildman–Crippen MR) is 104 cm³/mol. The van der Waals surface area contributed by atoms with Crippen molar-refractivity contribution in [3.63, 3.8) is 0 Å². The third kappa shape index (κ3) is 4.27. The van der Waals surface area contributed by atoms with Crippen molar-refractivity contribution >= 4 is 5.97 Å². The summed E-state index contributed by atoms with van der Waals surface area (Å²) in [6.07, 6.45) is 8.08. The number of ether oxygens (including phenoxy) is 1. The zero-order chi connectivity index (χ0) is 18.4. The van der Waals surface area contributed by atoms with Crippen molar-refractivity contribution in [2.75, 3.05) is 6.61 Å². The maximum Gasteiger partial charge on any atom is 0.335 e. The summed E-state index contributed by atoms with van der Waals surface area (Å²) in [6.45, 7) is 2.67. The molecule has 0 amide bonds. The highest BCUT2D eigenvalue weighted by molar-refractivity contribution is 5.87. The van der Waals surface area contributed by atoms with Crippen LogP contribution in [0.4, 0.5) is 0 Å². The Hall–Kier alpha value is -2.29. The molecule has 3 heteroatoms. The van der Waals surface area contributed by atoms with E-state index in [1.165, 1.54) is 30.4 Å². The van der Waals surface area contributed by atoms with E-state index in [9.17, 15) is 9.90 Å². The van der Waals surface area contributed by atoms with Crippen LogP contribution in [0.2, 0.25) is 0 Å². The molecule has 2 aromatic rings. The number of rotatable bonds is 7. The van der Waals surface area contributed by atoms with Crippen molar-refractivity contribution in [3.8, 4) is 5.75 Å². The molecule has 138 valence electrons. The van der Waals surface area contributed by atoms with Crippen LogP contribution in [0.1, 0.15) is 66.9 Å². The molecule has 0 radical (unpaired) electrons. The van der Waals surface area contributed by atoms with Crippen molar-refractivity contribution < 1.29 is 14.6 Å². The van der Waals surface area contributed by atoms with E-state index in [0.717, 1.165) is 31.4 Å². The van der Waals surface area contributed by atoms with E-state index in [1.807, 2.05) is 31.2 Å². The highest BCUT2D eigenvalue weighted by Crippen LogP contribution is 2.43. The summed E-state index contributed by atoms with van der Waals surface area (Å²) in [7, 11) is 0. The van der Waals surface area contributed by atoms with Crippen molar-refractivity contribution in [2.45, 2.75) is 57.3 Å². The summed E-state index contributed by atoms with van der Waals surface area (Å²) in [5.41, 5.74) is 3.01. The van der Waals surface area contributed by atoms with E-state index in [2.05, 4.69) is 18.2 Å². The van der Waals surface area contributed by atoms with Gasteiger partial charge in [0.05, 0.1) is 12.2 Å². The molecule has 26 heavy (non-hydrogen) atoms. The number of aromatic carboxylic acids is 1. The summed E-state index contributed by atoms with van der Waals surface area (Å²) in [4.78, 5) is 11.4. The molecule has 2 aromatic carbocycles. The SMILES string of the molecule is CCOc1ccc(CCC2(c3cccc(C(=O)O)c3)CCCCC2)cc1. The van der Waals surface area contributed by atoms with E-state index in [-0.39, 0.29) is 5.41 Å². The van der Waals surface area contributed by atoms with Gasteiger partial charge in [-0.15, -0.1) is 0 Å². The molecule has 0 heterocycles. The quantitative estimate of drug-likeness (QED) is 0.703. The zero-order valence-corrected chi connectivity index (χ0v) is 15.5. The molecule has 1 N–H and O–H groups in total. The van der Waals surface area contributed by atoms with Gasteiger partial charge in [-0.2, -0.15) is 0 Å². The van der Waals surface area contributed by atoms with E-state index in [1.54, 1.807) is 6.07 Å². The molecule has 0 unspecified atom stereocenters. The summed E-state index contributed by atoms with van der Waals surface area (Å²) < 4.78 is 5.52.